The topological polar surface area (TPSA) is 75.0 Å². The van der Waals surface area contributed by atoms with Crippen LogP contribution in [0.2, 0.25) is 0 Å². The molecular weight excluding hydrogens is 311 g/mol. The maximum atomic E-state index is 12.7. The molecule has 1 aromatic heterocycles. The fourth-order valence-electron chi connectivity index (χ4n) is 3.46. The summed E-state index contributed by atoms with van der Waals surface area (Å²) in [7, 11) is 0. The Morgan fingerprint density at radius 1 is 1.29 bits per heavy atom. The van der Waals surface area contributed by atoms with E-state index in [2.05, 4.69) is 15.1 Å². The van der Waals surface area contributed by atoms with Crippen molar-refractivity contribution in [1.82, 2.24) is 15.1 Å². The summed E-state index contributed by atoms with van der Waals surface area (Å²) in [6.07, 6.45) is 9.89. The zero-order chi connectivity index (χ0) is 13.2. The normalized spacial score (nSPS) is 28.6. The maximum Gasteiger partial charge on any atom is 0.226 e. The van der Waals surface area contributed by atoms with Gasteiger partial charge in [0.2, 0.25) is 5.91 Å². The van der Waals surface area contributed by atoms with E-state index in [9.17, 15) is 4.79 Å². The molecule has 3 atom stereocenters. The van der Waals surface area contributed by atoms with Crippen molar-refractivity contribution in [1.29, 1.82) is 0 Å². The number of halogens is 2. The van der Waals surface area contributed by atoms with Gasteiger partial charge >= 0.3 is 0 Å². The third-order valence-electron chi connectivity index (χ3n) is 4.51. The van der Waals surface area contributed by atoms with Crippen LogP contribution in [0.15, 0.2) is 12.4 Å². The Hall–Kier alpha value is -0.780. The van der Waals surface area contributed by atoms with Crippen molar-refractivity contribution in [2.75, 3.05) is 6.54 Å². The Balaban J connectivity index is 0.00000110. The Morgan fingerprint density at radius 3 is 2.71 bits per heavy atom. The minimum absolute atomic E-state index is 0. The number of piperidine rings is 1. The van der Waals surface area contributed by atoms with E-state index in [0.29, 0.717) is 5.91 Å². The number of nitrogens with two attached hydrogens (primary N) is 1. The standard InChI is InChI=1S/C14H22N4O.2ClH/c15-12-5-4-10(7-12)14(19)18-6-2-1-3-13(18)11-8-16-17-9-11;;/h8-10,12-13H,1-7,15H2,(H,16,17);2*1H. The molecule has 1 aliphatic heterocycles. The van der Waals surface area contributed by atoms with Gasteiger partial charge in [-0.3, -0.25) is 9.89 Å². The molecule has 0 radical (unpaired) electrons. The summed E-state index contributed by atoms with van der Waals surface area (Å²) in [4.78, 5) is 14.8. The predicted octanol–water partition coefficient (Wildman–Crippen LogP) is 2.43. The van der Waals surface area contributed by atoms with Crippen LogP contribution in [-0.2, 0) is 4.79 Å². The van der Waals surface area contributed by atoms with Gasteiger partial charge in [-0.25, -0.2) is 0 Å². The lowest BCUT2D eigenvalue weighted by Crippen LogP contribution is -2.41. The Morgan fingerprint density at radius 2 is 2.10 bits per heavy atom. The van der Waals surface area contributed by atoms with Gasteiger partial charge in [0.05, 0.1) is 12.2 Å². The number of aromatic nitrogens is 2. The number of hydrogen-bond donors (Lipinski definition) is 2. The highest BCUT2D eigenvalue weighted by molar-refractivity contribution is 5.85. The van der Waals surface area contributed by atoms with Gasteiger partial charge in [-0.1, -0.05) is 0 Å². The first-order valence-corrected chi connectivity index (χ1v) is 7.30. The lowest BCUT2D eigenvalue weighted by Gasteiger charge is -2.37. The van der Waals surface area contributed by atoms with E-state index in [-0.39, 0.29) is 42.8 Å². The molecule has 7 heteroatoms. The molecule has 0 aromatic carbocycles. The van der Waals surface area contributed by atoms with E-state index in [1.807, 2.05) is 12.4 Å². The molecule has 1 saturated carbocycles. The SMILES string of the molecule is Cl.Cl.NC1CCC(C(=O)N2CCCCC2c2cn[nH]c2)C1. The molecule has 1 aliphatic carbocycles. The molecule has 120 valence electrons. The van der Waals surface area contributed by atoms with E-state index in [0.717, 1.165) is 44.2 Å². The third-order valence-corrected chi connectivity index (χ3v) is 4.51. The zero-order valence-electron chi connectivity index (χ0n) is 12.0. The number of nitrogens with zero attached hydrogens (tertiary/aromatic N) is 2. The first-order valence-electron chi connectivity index (χ1n) is 7.30. The molecular formula is C14H24Cl2N4O. The average molecular weight is 335 g/mol. The molecule has 21 heavy (non-hydrogen) atoms. The number of rotatable bonds is 2. The highest BCUT2D eigenvalue weighted by atomic mass is 35.5. The van der Waals surface area contributed by atoms with Crippen LogP contribution in [0.1, 0.15) is 50.1 Å². The fourth-order valence-corrected chi connectivity index (χ4v) is 3.46. The molecule has 1 aromatic rings. The van der Waals surface area contributed by atoms with Crippen molar-refractivity contribution in [3.8, 4) is 0 Å². The Labute approximate surface area is 137 Å². The van der Waals surface area contributed by atoms with Crippen molar-refractivity contribution in [2.24, 2.45) is 11.7 Å². The van der Waals surface area contributed by atoms with Crippen LogP contribution in [0, 0.1) is 5.92 Å². The Kier molecular flexibility index (Phi) is 6.97. The molecule has 1 amide bonds. The van der Waals surface area contributed by atoms with Gasteiger partial charge in [0.25, 0.3) is 0 Å². The van der Waals surface area contributed by atoms with Crippen molar-refractivity contribution in [3.63, 3.8) is 0 Å². The van der Waals surface area contributed by atoms with Gasteiger partial charge in [-0.05, 0) is 38.5 Å². The molecule has 0 bridgehead atoms. The summed E-state index contributed by atoms with van der Waals surface area (Å²) in [6, 6.07) is 0.419. The van der Waals surface area contributed by atoms with Crippen molar-refractivity contribution >= 4 is 30.7 Å². The van der Waals surface area contributed by atoms with Crippen LogP contribution in [0.25, 0.3) is 0 Å². The van der Waals surface area contributed by atoms with E-state index < -0.39 is 0 Å². The average Bonchev–Trinajstić information content (AvgIpc) is 3.09. The van der Waals surface area contributed by atoms with Crippen LogP contribution in [0.5, 0.6) is 0 Å². The van der Waals surface area contributed by atoms with E-state index >= 15 is 0 Å². The Bertz CT molecular complexity index is 440. The second kappa shape index (κ2) is 8.01. The largest absolute Gasteiger partial charge is 0.335 e. The molecule has 3 rings (SSSR count). The van der Waals surface area contributed by atoms with Gasteiger partial charge in [-0.2, -0.15) is 5.10 Å². The van der Waals surface area contributed by atoms with Crippen LogP contribution in [-0.4, -0.2) is 33.6 Å². The minimum Gasteiger partial charge on any atom is -0.335 e. The molecule has 0 spiro atoms. The van der Waals surface area contributed by atoms with Crippen molar-refractivity contribution in [2.45, 2.75) is 50.6 Å². The lowest BCUT2D eigenvalue weighted by molar-refractivity contribution is -0.139. The van der Waals surface area contributed by atoms with Crippen LogP contribution in [0.3, 0.4) is 0 Å². The fraction of sp³-hybridized carbons (Fsp3) is 0.714. The number of H-pyrrole nitrogens is 1. The maximum absolute atomic E-state index is 12.7. The van der Waals surface area contributed by atoms with Crippen LogP contribution < -0.4 is 5.73 Å². The van der Waals surface area contributed by atoms with Crippen LogP contribution in [0.4, 0.5) is 0 Å². The quantitative estimate of drug-likeness (QED) is 0.872. The number of carbonyl (C=O) groups excluding carboxylic acids is 1. The number of hydrogen-bond acceptors (Lipinski definition) is 3. The summed E-state index contributed by atoms with van der Waals surface area (Å²) < 4.78 is 0. The third kappa shape index (κ3) is 3.90. The smallest absolute Gasteiger partial charge is 0.226 e. The van der Waals surface area contributed by atoms with Crippen molar-refractivity contribution in [3.05, 3.63) is 18.0 Å². The van der Waals surface area contributed by atoms with Gasteiger partial charge in [0.1, 0.15) is 0 Å². The number of carbonyl (C=O) groups is 1. The minimum atomic E-state index is 0. The highest BCUT2D eigenvalue weighted by Crippen LogP contribution is 2.34. The lowest BCUT2D eigenvalue weighted by atomic mass is 9.95. The molecule has 2 heterocycles. The predicted molar refractivity (Wildman–Crippen MR) is 86.7 cm³/mol. The molecule has 3 N–H and O–H groups in total. The number of amides is 1. The first-order chi connectivity index (χ1) is 9.25. The number of nitrogens with one attached hydrogen (secondary N) is 1. The number of aromatic amines is 1. The molecule has 3 unspecified atom stereocenters. The second-order valence-electron chi connectivity index (χ2n) is 5.84. The van der Waals surface area contributed by atoms with Gasteiger partial charge < -0.3 is 10.6 Å². The van der Waals surface area contributed by atoms with Crippen molar-refractivity contribution < 1.29 is 4.79 Å². The number of likely N-dealkylation sites (tertiary alicyclic amines) is 1. The second-order valence-corrected chi connectivity index (χ2v) is 5.84. The van der Waals surface area contributed by atoms with E-state index in [1.54, 1.807) is 0 Å². The monoisotopic (exact) mass is 334 g/mol. The zero-order valence-corrected chi connectivity index (χ0v) is 13.7. The first kappa shape index (κ1) is 18.3. The van der Waals surface area contributed by atoms with Gasteiger partial charge in [0.15, 0.2) is 0 Å². The molecule has 2 fully saturated rings. The summed E-state index contributed by atoms with van der Waals surface area (Å²) in [5, 5.41) is 6.87. The highest BCUT2D eigenvalue weighted by Gasteiger charge is 2.35. The summed E-state index contributed by atoms with van der Waals surface area (Å²) in [5.41, 5.74) is 7.07. The molecule has 1 saturated heterocycles. The summed E-state index contributed by atoms with van der Waals surface area (Å²) in [6.45, 7) is 0.875. The van der Waals surface area contributed by atoms with E-state index in [4.69, 9.17) is 5.73 Å². The van der Waals surface area contributed by atoms with Crippen LogP contribution >= 0.6 is 24.8 Å². The molecule has 5 nitrogen and oxygen atoms in total. The summed E-state index contributed by atoms with van der Waals surface area (Å²) in [5.74, 6) is 0.446. The summed E-state index contributed by atoms with van der Waals surface area (Å²) >= 11 is 0. The molecule has 2 aliphatic rings. The van der Waals surface area contributed by atoms with Gasteiger partial charge in [-0.15, -0.1) is 24.8 Å². The van der Waals surface area contributed by atoms with E-state index in [1.165, 1.54) is 6.42 Å². The van der Waals surface area contributed by atoms with Gasteiger partial charge in [0, 0.05) is 30.3 Å².